The van der Waals surface area contributed by atoms with Crippen molar-refractivity contribution >= 4 is 11.9 Å². The van der Waals surface area contributed by atoms with Gasteiger partial charge in [0.2, 0.25) is 0 Å². The van der Waals surface area contributed by atoms with Gasteiger partial charge in [0, 0.05) is 17.8 Å². The molecule has 0 aromatic heterocycles. The summed E-state index contributed by atoms with van der Waals surface area (Å²) in [5.41, 5.74) is -0.210. The van der Waals surface area contributed by atoms with E-state index in [1.54, 1.807) is 19.1 Å². The molecule has 0 unspecified atom stereocenters. The Morgan fingerprint density at radius 2 is 1.75 bits per heavy atom. The summed E-state index contributed by atoms with van der Waals surface area (Å²) >= 11 is 0. The molecule has 0 saturated heterocycles. The maximum Gasteiger partial charge on any atom is 0.196 e. The second kappa shape index (κ2) is 5.32. The summed E-state index contributed by atoms with van der Waals surface area (Å²) in [6.07, 6.45) is 0.973. The number of hydrogen-bond acceptors (Lipinski definition) is 2. The Morgan fingerprint density at radius 1 is 1.05 bits per heavy atom. The smallest absolute Gasteiger partial charge is 0.196 e. The van der Waals surface area contributed by atoms with E-state index in [4.69, 9.17) is 0 Å². The van der Waals surface area contributed by atoms with Crippen LogP contribution >= 0.6 is 0 Å². The zero-order chi connectivity index (χ0) is 14.9. The van der Waals surface area contributed by atoms with Gasteiger partial charge in [-0.3, -0.25) is 0 Å². The van der Waals surface area contributed by atoms with Crippen molar-refractivity contribution in [2.45, 2.75) is 6.92 Å². The third-order valence-electron chi connectivity index (χ3n) is 2.69. The van der Waals surface area contributed by atoms with E-state index in [1.807, 2.05) is 0 Å². The number of aliphatic imine (C=N–C) groups is 1. The van der Waals surface area contributed by atoms with Crippen LogP contribution in [0.3, 0.4) is 0 Å². The SMILES string of the molecule is Cc1cccc(C=Nc2c(F)cc(F)c(F)c2F)c1O. The lowest BCUT2D eigenvalue weighted by atomic mass is 10.1. The summed E-state index contributed by atoms with van der Waals surface area (Å²) in [4.78, 5) is 3.44. The van der Waals surface area contributed by atoms with Crippen LogP contribution in [0.1, 0.15) is 11.1 Å². The van der Waals surface area contributed by atoms with Gasteiger partial charge in [-0.2, -0.15) is 0 Å². The van der Waals surface area contributed by atoms with Crippen LogP contribution in [0, 0.1) is 30.2 Å². The Kier molecular flexibility index (Phi) is 3.74. The Bertz CT molecular complexity index is 698. The predicted molar refractivity (Wildman–Crippen MR) is 66.4 cm³/mol. The number of aryl methyl sites for hydroxylation is 1. The van der Waals surface area contributed by atoms with Gasteiger partial charge < -0.3 is 5.11 Å². The van der Waals surface area contributed by atoms with Crippen molar-refractivity contribution in [1.82, 2.24) is 0 Å². The molecule has 0 spiro atoms. The van der Waals surface area contributed by atoms with Gasteiger partial charge in [-0.05, 0) is 18.6 Å². The van der Waals surface area contributed by atoms with E-state index < -0.39 is 29.0 Å². The van der Waals surface area contributed by atoms with E-state index in [1.165, 1.54) is 6.07 Å². The van der Waals surface area contributed by atoms with Crippen molar-refractivity contribution < 1.29 is 22.7 Å². The minimum Gasteiger partial charge on any atom is -0.507 e. The summed E-state index contributed by atoms with van der Waals surface area (Å²) in [6, 6.07) is 4.91. The van der Waals surface area contributed by atoms with E-state index >= 15 is 0 Å². The standard InChI is InChI=1S/C14H9F4NO/c1-7-3-2-4-8(14(7)20)6-19-13-10(16)5-9(15)11(17)12(13)18/h2-6,20H,1H3. The molecule has 2 nitrogen and oxygen atoms in total. The molecule has 0 fully saturated rings. The molecule has 0 aliphatic rings. The van der Waals surface area contributed by atoms with Gasteiger partial charge in [0.05, 0.1) is 0 Å². The largest absolute Gasteiger partial charge is 0.507 e. The second-order valence-electron chi connectivity index (χ2n) is 4.09. The average molecular weight is 283 g/mol. The van der Waals surface area contributed by atoms with Crippen LogP contribution in [0.15, 0.2) is 29.3 Å². The molecule has 0 aliphatic heterocycles. The Hall–Kier alpha value is -2.37. The highest BCUT2D eigenvalue weighted by atomic mass is 19.2. The van der Waals surface area contributed by atoms with Crippen LogP contribution < -0.4 is 0 Å². The van der Waals surface area contributed by atoms with E-state index in [0.29, 0.717) is 5.56 Å². The Morgan fingerprint density at radius 3 is 2.45 bits per heavy atom. The Balaban J connectivity index is 2.47. The lowest BCUT2D eigenvalue weighted by Crippen LogP contribution is -1.95. The number of phenols is 1. The zero-order valence-electron chi connectivity index (χ0n) is 10.3. The van der Waals surface area contributed by atoms with Gasteiger partial charge in [-0.15, -0.1) is 0 Å². The predicted octanol–water partition coefficient (Wildman–Crippen LogP) is 4.01. The minimum atomic E-state index is -1.80. The van der Waals surface area contributed by atoms with Crippen molar-refractivity contribution in [3.63, 3.8) is 0 Å². The van der Waals surface area contributed by atoms with Crippen LogP contribution in [-0.2, 0) is 0 Å². The monoisotopic (exact) mass is 283 g/mol. The summed E-state index contributed by atoms with van der Waals surface area (Å²) in [7, 11) is 0. The second-order valence-corrected chi connectivity index (χ2v) is 4.09. The van der Waals surface area contributed by atoms with Gasteiger partial charge >= 0.3 is 0 Å². The lowest BCUT2D eigenvalue weighted by Gasteiger charge is -2.03. The molecule has 2 rings (SSSR count). The van der Waals surface area contributed by atoms with Gasteiger partial charge in [0.25, 0.3) is 0 Å². The van der Waals surface area contributed by atoms with Crippen molar-refractivity contribution in [1.29, 1.82) is 0 Å². The van der Waals surface area contributed by atoms with E-state index in [-0.39, 0.29) is 17.4 Å². The van der Waals surface area contributed by atoms with Crippen molar-refractivity contribution in [2.24, 2.45) is 4.99 Å². The highest BCUT2D eigenvalue weighted by Crippen LogP contribution is 2.27. The molecular formula is C14H9F4NO. The molecule has 0 saturated carbocycles. The topological polar surface area (TPSA) is 32.6 Å². The Labute approximate surface area is 112 Å². The third kappa shape index (κ3) is 2.49. The fourth-order valence-corrected chi connectivity index (χ4v) is 1.59. The number of benzene rings is 2. The van der Waals surface area contributed by atoms with E-state index in [0.717, 1.165) is 6.21 Å². The quantitative estimate of drug-likeness (QED) is 0.384. The molecule has 2 aromatic carbocycles. The number of nitrogens with zero attached hydrogens (tertiary/aromatic N) is 1. The molecule has 0 amide bonds. The van der Waals surface area contributed by atoms with Crippen molar-refractivity contribution in [2.75, 3.05) is 0 Å². The van der Waals surface area contributed by atoms with Gasteiger partial charge in [-0.1, -0.05) is 12.1 Å². The number of hydrogen-bond donors (Lipinski definition) is 1. The average Bonchev–Trinajstić information content (AvgIpc) is 2.40. The normalized spacial score (nSPS) is 11.2. The highest BCUT2D eigenvalue weighted by molar-refractivity contribution is 5.86. The first-order valence-corrected chi connectivity index (χ1v) is 5.57. The molecule has 0 aliphatic carbocycles. The van der Waals surface area contributed by atoms with Gasteiger partial charge in [0.15, 0.2) is 23.3 Å². The van der Waals surface area contributed by atoms with Crippen LogP contribution in [0.25, 0.3) is 0 Å². The number of halogens is 4. The first-order valence-electron chi connectivity index (χ1n) is 5.57. The molecule has 0 heterocycles. The molecule has 1 N–H and O–H groups in total. The minimum absolute atomic E-state index is 0.111. The fourth-order valence-electron chi connectivity index (χ4n) is 1.59. The van der Waals surface area contributed by atoms with E-state index in [9.17, 15) is 22.7 Å². The fraction of sp³-hybridized carbons (Fsp3) is 0.0714. The maximum atomic E-state index is 13.4. The number of para-hydroxylation sites is 1. The highest BCUT2D eigenvalue weighted by Gasteiger charge is 2.18. The van der Waals surface area contributed by atoms with Crippen molar-refractivity contribution in [3.05, 3.63) is 58.7 Å². The van der Waals surface area contributed by atoms with Gasteiger partial charge in [-0.25, -0.2) is 22.6 Å². The molecule has 0 radical (unpaired) electrons. The van der Waals surface area contributed by atoms with Crippen LogP contribution in [0.4, 0.5) is 23.2 Å². The zero-order valence-corrected chi connectivity index (χ0v) is 10.3. The first kappa shape index (κ1) is 14.0. The molecule has 0 bridgehead atoms. The van der Waals surface area contributed by atoms with Crippen LogP contribution in [-0.4, -0.2) is 11.3 Å². The third-order valence-corrected chi connectivity index (χ3v) is 2.69. The molecule has 0 atom stereocenters. The summed E-state index contributed by atoms with van der Waals surface area (Å²) in [5.74, 6) is -6.58. The number of rotatable bonds is 2. The molecule has 2 aromatic rings. The molecule has 20 heavy (non-hydrogen) atoms. The van der Waals surface area contributed by atoms with Crippen LogP contribution in [0.2, 0.25) is 0 Å². The number of phenolic OH excluding ortho intramolecular Hbond substituents is 1. The molecular weight excluding hydrogens is 274 g/mol. The molecule has 104 valence electrons. The summed E-state index contributed by atoms with van der Waals surface area (Å²) in [5, 5.41) is 9.70. The van der Waals surface area contributed by atoms with Gasteiger partial charge in [0.1, 0.15) is 11.4 Å². The summed E-state index contributed by atoms with van der Waals surface area (Å²) in [6.45, 7) is 1.63. The van der Waals surface area contributed by atoms with Crippen molar-refractivity contribution in [3.8, 4) is 5.75 Å². The summed E-state index contributed by atoms with van der Waals surface area (Å²) < 4.78 is 52.5. The maximum absolute atomic E-state index is 13.4. The molecule has 6 heteroatoms. The van der Waals surface area contributed by atoms with E-state index in [2.05, 4.69) is 4.99 Å². The lowest BCUT2D eigenvalue weighted by molar-refractivity contribution is 0.437. The number of aromatic hydroxyl groups is 1. The first-order chi connectivity index (χ1) is 9.41. The van der Waals surface area contributed by atoms with Crippen LogP contribution in [0.5, 0.6) is 5.75 Å².